The summed E-state index contributed by atoms with van der Waals surface area (Å²) in [5.74, 6) is -0.417. The van der Waals surface area contributed by atoms with Crippen molar-refractivity contribution in [1.29, 1.82) is 0 Å². The molecular formula is C33H27N7O5S2. The van der Waals surface area contributed by atoms with Gasteiger partial charge >= 0.3 is 0 Å². The summed E-state index contributed by atoms with van der Waals surface area (Å²) in [6.45, 7) is 2.18. The smallest absolute Gasteiger partial charge is 0.264 e. The molecule has 1 saturated heterocycles. The number of aromatic nitrogens is 4. The number of nitrogens with one attached hydrogen (secondary N) is 2. The fourth-order valence-electron chi connectivity index (χ4n) is 4.52. The van der Waals surface area contributed by atoms with Gasteiger partial charge in [-0.05, 0) is 88.3 Å². The first-order chi connectivity index (χ1) is 22.7. The minimum absolute atomic E-state index is 0.0188. The van der Waals surface area contributed by atoms with Crippen molar-refractivity contribution < 1.29 is 22.7 Å². The van der Waals surface area contributed by atoms with Gasteiger partial charge in [0.05, 0.1) is 21.9 Å². The Labute approximate surface area is 274 Å². The highest BCUT2D eigenvalue weighted by Gasteiger charge is 2.24. The minimum atomic E-state index is -3.97. The summed E-state index contributed by atoms with van der Waals surface area (Å²) in [6.07, 6.45) is 3.08. The summed E-state index contributed by atoms with van der Waals surface area (Å²) in [7, 11) is -3.97. The number of aryl methyl sites for hydroxylation is 1. The topological polar surface area (TPSA) is 158 Å². The normalized spacial score (nSPS) is 14.7. The van der Waals surface area contributed by atoms with Crippen LogP contribution in [0.15, 0.2) is 118 Å². The zero-order valence-corrected chi connectivity index (χ0v) is 26.5. The van der Waals surface area contributed by atoms with E-state index < -0.39 is 15.9 Å². The van der Waals surface area contributed by atoms with Crippen LogP contribution in [0.4, 0.5) is 5.69 Å². The van der Waals surface area contributed by atoms with E-state index in [-0.39, 0.29) is 17.2 Å². The van der Waals surface area contributed by atoms with Crippen LogP contribution in [0.1, 0.15) is 22.3 Å². The van der Waals surface area contributed by atoms with Gasteiger partial charge in [0.25, 0.3) is 15.9 Å². The zero-order chi connectivity index (χ0) is 32.8. The molecule has 1 fully saturated rings. The van der Waals surface area contributed by atoms with Gasteiger partial charge < -0.3 is 10.1 Å². The summed E-state index contributed by atoms with van der Waals surface area (Å²) in [5.41, 5.74) is 4.43. The molecule has 1 aliphatic rings. The molecule has 2 amide bonds. The van der Waals surface area contributed by atoms with Crippen LogP contribution in [0.3, 0.4) is 0 Å². The van der Waals surface area contributed by atoms with Crippen molar-refractivity contribution in [3.8, 4) is 11.4 Å². The zero-order valence-electron chi connectivity index (χ0n) is 24.9. The second-order valence-electron chi connectivity index (χ2n) is 10.4. The Morgan fingerprint density at radius 3 is 2.49 bits per heavy atom. The molecule has 6 rings (SSSR count). The number of rotatable bonds is 10. The van der Waals surface area contributed by atoms with Crippen LogP contribution in [0.25, 0.3) is 11.8 Å². The van der Waals surface area contributed by atoms with Gasteiger partial charge in [0.1, 0.15) is 24.4 Å². The minimum Gasteiger partial charge on any atom is -0.487 e. The Hall–Kier alpha value is -5.60. The predicted molar refractivity (Wildman–Crippen MR) is 177 cm³/mol. The molecule has 0 aliphatic carbocycles. The predicted octanol–water partition coefficient (Wildman–Crippen LogP) is 4.49. The quantitative estimate of drug-likeness (QED) is 0.205. The molecule has 0 saturated carbocycles. The highest BCUT2D eigenvalue weighted by Crippen LogP contribution is 2.31. The molecule has 2 N–H and O–H groups in total. The van der Waals surface area contributed by atoms with E-state index in [0.717, 1.165) is 16.7 Å². The molecule has 47 heavy (non-hydrogen) atoms. The number of sulfonamides is 1. The lowest BCUT2D eigenvalue weighted by molar-refractivity contribution is -0.118. The van der Waals surface area contributed by atoms with Crippen molar-refractivity contribution in [3.63, 3.8) is 0 Å². The molecule has 0 atom stereocenters. The second-order valence-corrected chi connectivity index (χ2v) is 13.1. The second kappa shape index (κ2) is 13.8. The lowest BCUT2D eigenvalue weighted by Crippen LogP contribution is -2.31. The van der Waals surface area contributed by atoms with Gasteiger partial charge in [-0.15, -0.1) is 5.10 Å². The number of hydrogen-bond acceptors (Lipinski definition) is 10. The molecule has 0 spiro atoms. The fourth-order valence-corrected chi connectivity index (χ4v) is 6.34. The van der Waals surface area contributed by atoms with E-state index in [0.29, 0.717) is 39.4 Å². The SMILES string of the molecule is Cc1ccc(S(=O)(=O)NC(=O)Cc2ccc(N=C3NC(=O)/C(=C\c4ccc(-n5cnnn5)c(OCc5ccccc5)c4)S3)cc2)cc1. The molecule has 0 bridgehead atoms. The van der Waals surface area contributed by atoms with Crippen molar-refractivity contribution in [1.82, 2.24) is 30.2 Å². The van der Waals surface area contributed by atoms with Gasteiger partial charge in [-0.2, -0.15) is 4.68 Å². The fraction of sp³-hybridized carbons (Fsp3) is 0.0909. The number of carbonyl (C=O) groups is 2. The average Bonchev–Trinajstić information content (AvgIpc) is 3.71. The number of thioether (sulfide) groups is 1. The van der Waals surface area contributed by atoms with Crippen molar-refractivity contribution >= 4 is 50.5 Å². The monoisotopic (exact) mass is 665 g/mol. The molecule has 12 nitrogen and oxygen atoms in total. The Kier molecular flexibility index (Phi) is 9.22. The first-order valence-electron chi connectivity index (χ1n) is 14.3. The van der Waals surface area contributed by atoms with Gasteiger partial charge in [-0.3, -0.25) is 9.59 Å². The van der Waals surface area contributed by atoms with E-state index in [1.807, 2.05) is 55.5 Å². The number of benzene rings is 4. The summed E-state index contributed by atoms with van der Waals surface area (Å²) in [4.78, 5) is 30.2. The molecule has 1 aromatic heterocycles. The summed E-state index contributed by atoms with van der Waals surface area (Å²) in [5, 5.41) is 14.6. The van der Waals surface area contributed by atoms with Crippen LogP contribution in [-0.2, 0) is 32.6 Å². The maximum atomic E-state index is 12.8. The van der Waals surface area contributed by atoms with Gasteiger partial charge in [0.2, 0.25) is 5.91 Å². The molecule has 14 heteroatoms. The number of tetrazole rings is 1. The molecule has 236 valence electrons. The van der Waals surface area contributed by atoms with Crippen molar-refractivity contribution in [2.75, 3.05) is 0 Å². The highest BCUT2D eigenvalue weighted by molar-refractivity contribution is 8.18. The van der Waals surface area contributed by atoms with E-state index in [1.54, 1.807) is 42.5 Å². The number of hydrogen-bond donors (Lipinski definition) is 2. The lowest BCUT2D eigenvalue weighted by Gasteiger charge is -2.12. The van der Waals surface area contributed by atoms with Crippen LogP contribution < -0.4 is 14.8 Å². The Bertz CT molecular complexity index is 2080. The maximum absolute atomic E-state index is 12.8. The van der Waals surface area contributed by atoms with Crippen LogP contribution in [0, 0.1) is 6.92 Å². The number of nitrogens with zero attached hydrogens (tertiary/aromatic N) is 5. The van der Waals surface area contributed by atoms with E-state index in [1.165, 1.54) is 34.9 Å². The van der Waals surface area contributed by atoms with Crippen molar-refractivity contribution in [3.05, 3.63) is 131 Å². The highest BCUT2D eigenvalue weighted by atomic mass is 32.2. The third kappa shape index (κ3) is 7.98. The van der Waals surface area contributed by atoms with Gasteiger partial charge in [0.15, 0.2) is 5.17 Å². The average molecular weight is 666 g/mol. The van der Waals surface area contributed by atoms with Crippen molar-refractivity contribution in [2.24, 2.45) is 4.99 Å². The third-order valence-electron chi connectivity index (χ3n) is 6.88. The molecule has 1 aliphatic heterocycles. The van der Waals surface area contributed by atoms with E-state index in [9.17, 15) is 18.0 Å². The van der Waals surface area contributed by atoms with Crippen molar-refractivity contribution in [2.45, 2.75) is 24.8 Å². The number of amidine groups is 1. The van der Waals surface area contributed by atoms with Crippen LogP contribution in [0.5, 0.6) is 5.75 Å². The molecular weight excluding hydrogens is 639 g/mol. The molecule has 0 unspecified atom stereocenters. The standard InChI is InChI=1S/C33H27N7O5S2/c1-22-7-14-27(15-8-22)47(43,44)37-31(41)19-23-9-12-26(13-10-23)35-33-36-32(42)30(46-33)18-25-11-16-28(40-21-34-38-39-40)29(17-25)45-20-24-5-3-2-4-6-24/h2-18,21H,19-20H2,1H3,(H,37,41)(H,35,36,42)/b30-18+. The number of amides is 2. The molecule has 0 radical (unpaired) electrons. The van der Waals surface area contributed by atoms with Crippen LogP contribution in [0.2, 0.25) is 0 Å². The Balaban J connectivity index is 1.12. The van der Waals surface area contributed by atoms with E-state index in [4.69, 9.17) is 4.74 Å². The van der Waals surface area contributed by atoms with E-state index in [2.05, 4.69) is 30.6 Å². The number of aliphatic imine (C=N–C) groups is 1. The summed E-state index contributed by atoms with van der Waals surface area (Å²) >= 11 is 1.19. The van der Waals surface area contributed by atoms with Crippen LogP contribution >= 0.6 is 11.8 Å². The molecule has 2 heterocycles. The largest absolute Gasteiger partial charge is 0.487 e. The van der Waals surface area contributed by atoms with Gasteiger partial charge in [-0.1, -0.05) is 66.2 Å². The third-order valence-corrected chi connectivity index (χ3v) is 9.18. The summed E-state index contributed by atoms with van der Waals surface area (Å²) < 4.78 is 34.8. The van der Waals surface area contributed by atoms with E-state index >= 15 is 0 Å². The molecule has 5 aromatic rings. The lowest BCUT2D eigenvalue weighted by atomic mass is 10.1. The summed E-state index contributed by atoms with van der Waals surface area (Å²) in [6, 6.07) is 28.2. The van der Waals surface area contributed by atoms with Gasteiger partial charge in [0, 0.05) is 0 Å². The Morgan fingerprint density at radius 1 is 1.00 bits per heavy atom. The Morgan fingerprint density at radius 2 is 1.77 bits per heavy atom. The molecule has 4 aromatic carbocycles. The van der Waals surface area contributed by atoms with Crippen LogP contribution in [-0.4, -0.2) is 45.6 Å². The number of ether oxygens (including phenoxy) is 1. The first-order valence-corrected chi connectivity index (χ1v) is 16.6. The van der Waals surface area contributed by atoms with Gasteiger partial charge in [-0.25, -0.2) is 18.1 Å². The maximum Gasteiger partial charge on any atom is 0.264 e. The number of carbonyl (C=O) groups excluding carboxylic acids is 2. The first kappa shape index (κ1) is 31.4.